The predicted octanol–water partition coefficient (Wildman–Crippen LogP) is 2.57. The number of amides is 3. The number of alkyl halides is 3. The van der Waals surface area contributed by atoms with Crippen LogP contribution in [0.15, 0.2) is 20.8 Å². The quantitative estimate of drug-likeness (QED) is 0.0621. The highest BCUT2D eigenvalue weighted by molar-refractivity contribution is 8.01. The van der Waals surface area contributed by atoms with Gasteiger partial charge in [0.1, 0.15) is 27.1 Å². The summed E-state index contributed by atoms with van der Waals surface area (Å²) in [5, 5.41) is 25.0. The van der Waals surface area contributed by atoms with Crippen LogP contribution in [0.3, 0.4) is 0 Å². The number of thiazole rings is 2. The molecule has 1 fully saturated rings. The highest BCUT2D eigenvalue weighted by Gasteiger charge is 2.54. The van der Waals surface area contributed by atoms with Crippen LogP contribution >= 0.6 is 57.8 Å². The standard InChI is InChI=1S/C24H18ClF3N6O8S4/c1-3-4-42-33-13(12-16(25)46-22(31-12)32-21(41)24(26,27)28)17(37)30-14-18(38)34-15(20(39)40)9(6-43-19(14)34)7-44-23-29-8(2)10(45-23)5-11(35)36/h1,14,19H,4-7H2,2H3,(H,30,37)(H,35,36)(H,39,40)(H,31,32,41)/t14?,19-/m0/s1. The second kappa shape index (κ2) is 14.3. The first kappa shape index (κ1) is 35.0. The minimum absolute atomic E-state index is 0.139. The Morgan fingerprint density at radius 2 is 1.98 bits per heavy atom. The Bertz CT molecular complexity index is 1720. The van der Waals surface area contributed by atoms with Gasteiger partial charge in [0.15, 0.2) is 21.8 Å². The minimum Gasteiger partial charge on any atom is -0.481 e. The molecule has 2 atom stereocenters. The summed E-state index contributed by atoms with van der Waals surface area (Å²) in [6.45, 7) is 1.24. The number of thioether (sulfide) groups is 2. The summed E-state index contributed by atoms with van der Waals surface area (Å²) in [5.74, 6) is -4.22. The number of carbonyl (C=O) groups is 5. The van der Waals surface area contributed by atoms with Crippen LogP contribution in [0.25, 0.3) is 0 Å². The number of nitrogens with zero attached hydrogens (tertiary/aromatic N) is 4. The molecule has 3 amide bonds. The van der Waals surface area contributed by atoms with Gasteiger partial charge in [0.05, 0.1) is 12.1 Å². The molecule has 0 spiro atoms. The Morgan fingerprint density at radius 1 is 1.26 bits per heavy atom. The summed E-state index contributed by atoms with van der Waals surface area (Å²) in [7, 11) is 0. The maximum Gasteiger partial charge on any atom is 0.471 e. The zero-order valence-corrected chi connectivity index (χ0v) is 26.9. The average molecular weight is 739 g/mol. The number of oxime groups is 1. The van der Waals surface area contributed by atoms with Gasteiger partial charge in [-0.05, 0) is 12.5 Å². The van der Waals surface area contributed by atoms with Gasteiger partial charge in [0.2, 0.25) is 0 Å². The predicted molar refractivity (Wildman–Crippen MR) is 162 cm³/mol. The number of fused-ring (bicyclic) bond motifs is 1. The number of nitrogens with one attached hydrogen (secondary N) is 2. The van der Waals surface area contributed by atoms with Gasteiger partial charge < -0.3 is 20.4 Å². The van der Waals surface area contributed by atoms with E-state index in [1.54, 1.807) is 6.92 Å². The molecule has 4 rings (SSSR count). The van der Waals surface area contributed by atoms with Crippen molar-refractivity contribution < 1.29 is 52.2 Å². The van der Waals surface area contributed by atoms with Crippen LogP contribution < -0.4 is 10.6 Å². The summed E-state index contributed by atoms with van der Waals surface area (Å²) in [5.41, 5.74) is -0.483. The molecule has 2 aromatic rings. The van der Waals surface area contributed by atoms with E-state index < -0.39 is 70.4 Å². The Hall–Kier alpha value is -3.84. The molecule has 0 aromatic carbocycles. The van der Waals surface area contributed by atoms with E-state index in [2.05, 4.69) is 26.4 Å². The molecule has 14 nitrogen and oxygen atoms in total. The van der Waals surface area contributed by atoms with Gasteiger partial charge in [0.25, 0.3) is 11.8 Å². The largest absolute Gasteiger partial charge is 0.481 e. The van der Waals surface area contributed by atoms with Gasteiger partial charge >= 0.3 is 24.0 Å². The lowest BCUT2D eigenvalue weighted by Gasteiger charge is -2.49. The molecule has 0 radical (unpaired) electrons. The van der Waals surface area contributed by atoms with Crippen LogP contribution in [-0.4, -0.2) is 96.2 Å². The first-order valence-electron chi connectivity index (χ1n) is 12.3. The van der Waals surface area contributed by atoms with E-state index in [9.17, 15) is 42.3 Å². The Labute approximate surface area is 277 Å². The third-order valence-corrected chi connectivity index (χ3v) is 10.8. The van der Waals surface area contributed by atoms with E-state index in [-0.39, 0.29) is 28.0 Å². The van der Waals surface area contributed by atoms with Crippen molar-refractivity contribution in [3.8, 4) is 12.3 Å². The summed E-state index contributed by atoms with van der Waals surface area (Å²) in [6.07, 6.45) is -0.313. The zero-order chi connectivity index (χ0) is 33.9. The minimum atomic E-state index is -5.23. The zero-order valence-electron chi connectivity index (χ0n) is 22.8. The monoisotopic (exact) mass is 738 g/mol. The molecule has 22 heteroatoms. The average Bonchev–Trinajstić information content (AvgIpc) is 3.51. The van der Waals surface area contributed by atoms with E-state index in [0.717, 1.165) is 16.7 Å². The van der Waals surface area contributed by atoms with E-state index in [1.807, 2.05) is 0 Å². The number of rotatable bonds is 12. The lowest BCUT2D eigenvalue weighted by Crippen LogP contribution is -2.71. The smallest absolute Gasteiger partial charge is 0.471 e. The van der Waals surface area contributed by atoms with Crippen molar-refractivity contribution in [2.45, 2.75) is 35.3 Å². The summed E-state index contributed by atoms with van der Waals surface area (Å²) < 4.78 is 38.2. The van der Waals surface area contributed by atoms with E-state index >= 15 is 0 Å². The number of β-lactam (4-membered cyclic amide) rings is 1. The Morgan fingerprint density at radius 3 is 2.61 bits per heavy atom. The van der Waals surface area contributed by atoms with Crippen molar-refractivity contribution in [2.24, 2.45) is 5.16 Å². The van der Waals surface area contributed by atoms with Crippen molar-refractivity contribution in [1.29, 1.82) is 0 Å². The number of aromatic nitrogens is 2. The fraction of sp³-hybridized carbons (Fsp3) is 0.333. The molecule has 1 saturated heterocycles. The lowest BCUT2D eigenvalue weighted by atomic mass is 10.0. The second-order valence-corrected chi connectivity index (χ2v) is 14.0. The van der Waals surface area contributed by atoms with Crippen LogP contribution in [0.4, 0.5) is 18.3 Å². The number of halogens is 4. The fourth-order valence-electron chi connectivity index (χ4n) is 3.91. The SMILES string of the molecule is C#CCON=C(C(=O)NC1C(=O)N2C(C(=O)O)=C(CSc3nc(C)c(CC(=O)O)s3)CS[C@@H]12)c1nc(NC(=O)C(F)(F)F)sc1Cl. The van der Waals surface area contributed by atoms with E-state index in [1.165, 1.54) is 28.4 Å². The van der Waals surface area contributed by atoms with Gasteiger partial charge in [-0.25, -0.2) is 14.8 Å². The number of terminal acetylenes is 1. The molecule has 4 N–H and O–H groups in total. The van der Waals surface area contributed by atoms with Gasteiger partial charge in [-0.15, -0.1) is 29.5 Å². The first-order chi connectivity index (χ1) is 21.6. The molecule has 0 aliphatic carbocycles. The Balaban J connectivity index is 1.50. The molecular weight excluding hydrogens is 721 g/mol. The van der Waals surface area contributed by atoms with E-state index in [4.69, 9.17) is 28.0 Å². The fourth-order valence-corrected chi connectivity index (χ4v) is 8.66. The van der Waals surface area contributed by atoms with Crippen molar-refractivity contribution >= 4 is 98.3 Å². The van der Waals surface area contributed by atoms with Crippen LogP contribution in [0.2, 0.25) is 4.34 Å². The van der Waals surface area contributed by atoms with Gasteiger partial charge in [-0.3, -0.25) is 29.4 Å². The van der Waals surface area contributed by atoms with Crippen LogP contribution in [-0.2, 0) is 35.2 Å². The number of carboxylic acids is 2. The molecule has 0 bridgehead atoms. The van der Waals surface area contributed by atoms with Crippen molar-refractivity contribution in [1.82, 2.24) is 20.2 Å². The van der Waals surface area contributed by atoms with E-state index in [0.29, 0.717) is 31.8 Å². The van der Waals surface area contributed by atoms with Crippen molar-refractivity contribution in [3.05, 3.63) is 31.9 Å². The molecular formula is C24H18ClF3N6O8S4. The van der Waals surface area contributed by atoms with Crippen LogP contribution in [0.1, 0.15) is 16.3 Å². The molecule has 2 aliphatic rings. The third kappa shape index (κ3) is 7.75. The third-order valence-electron chi connectivity index (χ3n) is 5.90. The summed E-state index contributed by atoms with van der Waals surface area (Å²) in [4.78, 5) is 75.5. The number of aliphatic carboxylic acids is 2. The molecule has 2 aromatic heterocycles. The van der Waals surface area contributed by atoms with Crippen molar-refractivity contribution in [2.75, 3.05) is 23.4 Å². The number of hydrogen-bond acceptors (Lipinski definition) is 13. The molecule has 1 unspecified atom stereocenters. The lowest BCUT2D eigenvalue weighted by molar-refractivity contribution is -0.167. The number of anilines is 1. The van der Waals surface area contributed by atoms with Crippen LogP contribution in [0, 0.1) is 19.3 Å². The topological polar surface area (TPSA) is 200 Å². The highest BCUT2D eigenvalue weighted by Crippen LogP contribution is 2.42. The Kier molecular flexibility index (Phi) is 10.9. The van der Waals surface area contributed by atoms with Crippen LogP contribution in [0.5, 0.6) is 0 Å². The van der Waals surface area contributed by atoms with Gasteiger partial charge in [-0.2, -0.15) is 13.2 Å². The normalized spacial score (nSPS) is 18.0. The first-order valence-corrected chi connectivity index (χ1v) is 16.4. The number of carboxylic acid groups (broad SMARTS) is 2. The number of aryl methyl sites for hydroxylation is 1. The number of hydrogen-bond donors (Lipinski definition) is 4. The van der Waals surface area contributed by atoms with Crippen molar-refractivity contribution in [3.63, 3.8) is 0 Å². The highest BCUT2D eigenvalue weighted by atomic mass is 35.5. The van der Waals surface area contributed by atoms with Gasteiger partial charge in [0, 0.05) is 16.4 Å². The molecule has 244 valence electrons. The molecule has 46 heavy (non-hydrogen) atoms. The second-order valence-electron chi connectivity index (χ2n) is 8.98. The summed E-state index contributed by atoms with van der Waals surface area (Å²) in [6, 6.07) is -1.25. The molecule has 2 aliphatic heterocycles. The maximum absolute atomic E-state index is 13.3. The number of carbonyl (C=O) groups excluding carboxylic acids is 3. The summed E-state index contributed by atoms with van der Waals surface area (Å²) >= 11 is 10.0. The maximum atomic E-state index is 13.3. The molecule has 4 heterocycles. The molecule has 0 saturated carbocycles. The van der Waals surface area contributed by atoms with Gasteiger partial charge in [-0.1, -0.05) is 45.8 Å².